The minimum Gasteiger partial charge on any atom is -0.506 e. The lowest BCUT2D eigenvalue weighted by molar-refractivity contribution is 0.279. The summed E-state index contributed by atoms with van der Waals surface area (Å²) in [6.07, 6.45) is 8.12. The van der Waals surface area contributed by atoms with E-state index >= 15 is 0 Å². The molecule has 3 heterocycles. The number of fused-ring (bicyclic) bond motifs is 1. The highest BCUT2D eigenvalue weighted by molar-refractivity contribution is 5.87. The van der Waals surface area contributed by atoms with Gasteiger partial charge in [-0.25, -0.2) is 19.0 Å². The normalized spacial score (nSPS) is 11.4. The number of rotatable bonds is 6. The lowest BCUT2D eigenvalue weighted by Crippen LogP contribution is -2.07. The van der Waals surface area contributed by atoms with Crippen molar-refractivity contribution in [3.8, 4) is 5.75 Å². The fourth-order valence-corrected chi connectivity index (χ4v) is 3.03. The van der Waals surface area contributed by atoms with E-state index in [0.29, 0.717) is 33.7 Å². The fourth-order valence-electron chi connectivity index (χ4n) is 3.03. The zero-order valence-corrected chi connectivity index (χ0v) is 16.1. The first-order valence-electron chi connectivity index (χ1n) is 9.20. The third-order valence-corrected chi connectivity index (χ3v) is 4.70. The molecular weight excluding hydrogens is 387 g/mol. The molecule has 4 rings (SSSR count). The molecule has 4 aromatic rings. The molecule has 0 aliphatic heterocycles. The van der Waals surface area contributed by atoms with Crippen molar-refractivity contribution in [1.29, 1.82) is 0 Å². The van der Waals surface area contributed by atoms with E-state index < -0.39 is 0 Å². The molecule has 9 heteroatoms. The maximum Gasteiger partial charge on any atom is 0.167 e. The predicted molar refractivity (Wildman–Crippen MR) is 111 cm³/mol. The summed E-state index contributed by atoms with van der Waals surface area (Å²) in [5, 5.41) is 28.0. The van der Waals surface area contributed by atoms with E-state index in [0.717, 1.165) is 5.56 Å². The summed E-state index contributed by atoms with van der Waals surface area (Å²) in [6, 6.07) is 6.12. The molecule has 0 atom stereocenters. The number of anilines is 1. The van der Waals surface area contributed by atoms with Gasteiger partial charge in [0.05, 0.1) is 23.9 Å². The van der Waals surface area contributed by atoms with Crippen LogP contribution in [0, 0.1) is 12.7 Å². The van der Waals surface area contributed by atoms with Gasteiger partial charge in [0.15, 0.2) is 5.65 Å². The topological polar surface area (TPSA) is 109 Å². The van der Waals surface area contributed by atoms with Gasteiger partial charge in [-0.05, 0) is 30.7 Å². The summed E-state index contributed by atoms with van der Waals surface area (Å²) in [5.41, 5.74) is 2.99. The number of aromatic hydroxyl groups is 1. The lowest BCUT2D eigenvalue weighted by Gasteiger charge is -2.13. The molecule has 3 N–H and O–H groups in total. The van der Waals surface area contributed by atoms with Gasteiger partial charge in [-0.1, -0.05) is 12.1 Å². The predicted octanol–water partition coefficient (Wildman–Crippen LogP) is 3.11. The number of hydrogen-bond acceptors (Lipinski definition) is 7. The van der Waals surface area contributed by atoms with Gasteiger partial charge in [-0.3, -0.25) is 4.98 Å². The Balaban J connectivity index is 1.60. The number of aliphatic hydroxyl groups excluding tert-OH is 1. The SMILES string of the molecule is Cc1ncc(CO)c(CNc2ncnc3c2cnn3/C=C/c2ccc(F)cc2)c1O. The largest absolute Gasteiger partial charge is 0.506 e. The molecule has 8 nitrogen and oxygen atoms in total. The van der Waals surface area contributed by atoms with Crippen LogP contribution >= 0.6 is 0 Å². The van der Waals surface area contributed by atoms with Crippen molar-refractivity contribution in [1.82, 2.24) is 24.7 Å². The molecule has 0 aliphatic carbocycles. The highest BCUT2D eigenvalue weighted by atomic mass is 19.1. The van der Waals surface area contributed by atoms with Crippen molar-refractivity contribution >= 4 is 29.1 Å². The lowest BCUT2D eigenvalue weighted by atomic mass is 10.1. The summed E-state index contributed by atoms with van der Waals surface area (Å²) in [5.74, 6) is 0.288. The van der Waals surface area contributed by atoms with Crippen LogP contribution in [0.4, 0.5) is 10.2 Å². The smallest absolute Gasteiger partial charge is 0.167 e. The molecule has 0 fully saturated rings. The molecule has 0 unspecified atom stereocenters. The minimum absolute atomic E-state index is 0.0391. The Hall–Kier alpha value is -3.85. The van der Waals surface area contributed by atoms with E-state index in [4.69, 9.17) is 0 Å². The molecule has 0 saturated carbocycles. The van der Waals surface area contributed by atoms with Crippen LogP contribution in [0.1, 0.15) is 22.4 Å². The van der Waals surface area contributed by atoms with E-state index in [1.165, 1.54) is 18.5 Å². The highest BCUT2D eigenvalue weighted by Gasteiger charge is 2.13. The van der Waals surface area contributed by atoms with Crippen LogP contribution < -0.4 is 5.32 Å². The van der Waals surface area contributed by atoms with Crippen molar-refractivity contribution in [3.05, 3.63) is 71.2 Å². The summed E-state index contributed by atoms with van der Waals surface area (Å²) < 4.78 is 14.6. The molecule has 30 heavy (non-hydrogen) atoms. The van der Waals surface area contributed by atoms with Crippen LogP contribution in [-0.4, -0.2) is 34.9 Å². The molecule has 0 spiro atoms. The summed E-state index contributed by atoms with van der Waals surface area (Å²) in [7, 11) is 0. The first kappa shape index (κ1) is 19.5. The number of aryl methyl sites for hydroxylation is 1. The monoisotopic (exact) mass is 406 g/mol. The Morgan fingerprint density at radius 3 is 2.70 bits per heavy atom. The second-order valence-corrected chi connectivity index (χ2v) is 6.62. The van der Waals surface area contributed by atoms with E-state index in [1.54, 1.807) is 48.4 Å². The van der Waals surface area contributed by atoms with Crippen molar-refractivity contribution in [3.63, 3.8) is 0 Å². The van der Waals surface area contributed by atoms with Crippen LogP contribution in [0.25, 0.3) is 23.3 Å². The van der Waals surface area contributed by atoms with Crippen molar-refractivity contribution in [2.45, 2.75) is 20.1 Å². The van der Waals surface area contributed by atoms with Crippen LogP contribution in [0.3, 0.4) is 0 Å². The van der Waals surface area contributed by atoms with Gasteiger partial charge in [0.1, 0.15) is 23.7 Å². The number of nitrogens with one attached hydrogen (secondary N) is 1. The maximum absolute atomic E-state index is 13.0. The average molecular weight is 406 g/mol. The summed E-state index contributed by atoms with van der Waals surface area (Å²) in [6.45, 7) is 1.71. The summed E-state index contributed by atoms with van der Waals surface area (Å²) >= 11 is 0. The van der Waals surface area contributed by atoms with Crippen LogP contribution in [0.15, 0.2) is 43.0 Å². The standard InChI is InChI=1S/C21H19FN6O2/c1-13-19(30)17(15(11-29)8-23-13)9-24-20-18-10-27-28(21(18)26-12-25-20)7-6-14-2-4-16(22)5-3-14/h2-8,10,12,29-30H,9,11H2,1H3,(H,24,25,26)/b7-6+. The van der Waals surface area contributed by atoms with Crippen molar-refractivity contribution in [2.24, 2.45) is 0 Å². The Labute approximate surface area is 171 Å². The third-order valence-electron chi connectivity index (χ3n) is 4.70. The van der Waals surface area contributed by atoms with Gasteiger partial charge >= 0.3 is 0 Å². The second-order valence-electron chi connectivity index (χ2n) is 6.62. The van der Waals surface area contributed by atoms with Crippen LogP contribution in [-0.2, 0) is 13.2 Å². The van der Waals surface area contributed by atoms with E-state index in [-0.39, 0.29) is 24.7 Å². The molecule has 152 valence electrons. The number of nitrogens with zero attached hydrogens (tertiary/aromatic N) is 5. The van der Waals surface area contributed by atoms with Gasteiger partial charge in [0, 0.05) is 30.1 Å². The Morgan fingerprint density at radius 2 is 1.93 bits per heavy atom. The van der Waals surface area contributed by atoms with Gasteiger partial charge in [0.25, 0.3) is 0 Å². The highest BCUT2D eigenvalue weighted by Crippen LogP contribution is 2.26. The first-order chi connectivity index (χ1) is 14.6. The molecule has 0 saturated heterocycles. The minimum atomic E-state index is -0.292. The molecule has 0 radical (unpaired) electrons. The zero-order chi connectivity index (χ0) is 21.1. The summed E-state index contributed by atoms with van der Waals surface area (Å²) in [4.78, 5) is 12.6. The molecule has 0 bridgehead atoms. The number of pyridine rings is 1. The zero-order valence-electron chi connectivity index (χ0n) is 16.1. The number of hydrogen-bond donors (Lipinski definition) is 3. The Kier molecular flexibility index (Phi) is 5.36. The molecule has 0 amide bonds. The fraction of sp³-hybridized carbons (Fsp3) is 0.143. The average Bonchev–Trinajstić information content (AvgIpc) is 3.18. The Morgan fingerprint density at radius 1 is 1.13 bits per heavy atom. The van der Waals surface area contributed by atoms with Crippen LogP contribution in [0.5, 0.6) is 5.75 Å². The first-order valence-corrected chi connectivity index (χ1v) is 9.20. The van der Waals surface area contributed by atoms with Gasteiger partial charge in [-0.2, -0.15) is 5.10 Å². The molecule has 3 aromatic heterocycles. The molecule has 0 aliphatic rings. The van der Waals surface area contributed by atoms with E-state index in [1.807, 2.05) is 0 Å². The number of aliphatic hydroxyl groups is 1. The van der Waals surface area contributed by atoms with Crippen molar-refractivity contribution in [2.75, 3.05) is 5.32 Å². The van der Waals surface area contributed by atoms with E-state index in [2.05, 4.69) is 25.4 Å². The number of benzene rings is 1. The second kappa shape index (κ2) is 8.26. The number of aromatic nitrogens is 5. The third kappa shape index (κ3) is 3.83. The van der Waals surface area contributed by atoms with E-state index in [9.17, 15) is 14.6 Å². The molecular formula is C21H19FN6O2. The quantitative estimate of drug-likeness (QED) is 0.451. The van der Waals surface area contributed by atoms with Crippen molar-refractivity contribution < 1.29 is 14.6 Å². The molecule has 1 aromatic carbocycles. The van der Waals surface area contributed by atoms with Gasteiger partial charge in [0.2, 0.25) is 0 Å². The van der Waals surface area contributed by atoms with Gasteiger partial charge in [-0.15, -0.1) is 0 Å². The van der Waals surface area contributed by atoms with Gasteiger partial charge < -0.3 is 15.5 Å². The maximum atomic E-state index is 13.0. The number of halogens is 1. The Bertz CT molecular complexity index is 1220. The van der Waals surface area contributed by atoms with Crippen LogP contribution in [0.2, 0.25) is 0 Å².